The van der Waals surface area contributed by atoms with Crippen LogP contribution in [0.2, 0.25) is 0 Å². The summed E-state index contributed by atoms with van der Waals surface area (Å²) in [4.78, 5) is 70.4. The minimum Gasteiger partial charge on any atom is -0.390 e. The number of hydrogen-bond donors (Lipinski definition) is 3. The normalized spacial score (nSPS) is 21.9. The predicted molar refractivity (Wildman–Crippen MR) is 250 cm³/mol. The number of benzene rings is 2. The lowest BCUT2D eigenvalue weighted by atomic mass is 9.90. The Morgan fingerprint density at radius 1 is 0.894 bits per heavy atom. The Balaban J connectivity index is 1.15. The number of alkyl halides is 2. The van der Waals surface area contributed by atoms with Crippen LogP contribution >= 0.6 is 42.5 Å². The fourth-order valence-corrected chi connectivity index (χ4v) is 13.0. The highest BCUT2D eigenvalue weighted by Crippen LogP contribution is 2.67. The number of nitrogens with zero attached hydrogens (tertiary/aromatic N) is 3. The standard InChI is InChI=1S/C46H57F2N4O10PS3/c1-44(2,58)24-39(53)64-20-18-61-63(60,62-19-21-65-40(54)25-45(3,4)59)46(47,48)32-14-17-37-30(22-32)23-38(66-37)41(55)50-35-13-9-8-12-33-15-16-36(52(33)42(35)56)43(57)51-27-31(26-49)34(28-51)29-10-6-5-7-11-29/h5-7,10-11,14,17,22-23,31,33-36,58-59H,8-9,12-13,15-16,18-21,24-25,27-28H2,1-4H3,(H,50,55)/t31-,33-,34+,35-,36-/m0/s1. The Hall–Kier alpha value is -3.73. The van der Waals surface area contributed by atoms with E-state index < -0.39 is 77.4 Å². The number of thiophene rings is 1. The molecule has 358 valence electrons. The molecule has 66 heavy (non-hydrogen) atoms. The molecule has 3 aliphatic heterocycles. The smallest absolute Gasteiger partial charge is 0.390 e. The van der Waals surface area contributed by atoms with Crippen molar-refractivity contribution in [2.45, 2.75) is 120 Å². The summed E-state index contributed by atoms with van der Waals surface area (Å²) in [5.41, 5.74) is -6.59. The number of thioether (sulfide) groups is 2. The predicted octanol–water partition coefficient (Wildman–Crippen LogP) is 7.82. The van der Waals surface area contributed by atoms with Crippen LogP contribution in [0.5, 0.6) is 0 Å². The van der Waals surface area contributed by atoms with Gasteiger partial charge in [0.2, 0.25) is 11.8 Å². The number of amides is 3. The van der Waals surface area contributed by atoms with E-state index in [1.54, 1.807) is 9.80 Å². The first kappa shape index (κ1) is 51.7. The van der Waals surface area contributed by atoms with Gasteiger partial charge in [-0.2, -0.15) is 14.0 Å². The minimum atomic E-state index is -5.37. The third-order valence-electron chi connectivity index (χ3n) is 11.8. The summed E-state index contributed by atoms with van der Waals surface area (Å²) in [6.45, 7) is 5.24. The van der Waals surface area contributed by atoms with Crippen LogP contribution in [0, 0.1) is 17.2 Å². The molecular formula is C46H57F2N4O10PS3. The molecule has 3 amide bonds. The number of hydrogen-bond acceptors (Lipinski definition) is 14. The zero-order chi connectivity index (χ0) is 48.0. The van der Waals surface area contributed by atoms with Crippen LogP contribution in [0.25, 0.3) is 10.1 Å². The fraction of sp³-hybridized carbons (Fsp3) is 0.565. The van der Waals surface area contributed by atoms with Crippen molar-refractivity contribution >= 4 is 80.5 Å². The van der Waals surface area contributed by atoms with Gasteiger partial charge in [0, 0.05) is 59.7 Å². The lowest BCUT2D eigenvalue weighted by Crippen LogP contribution is -2.56. The van der Waals surface area contributed by atoms with Gasteiger partial charge in [0.25, 0.3) is 5.91 Å². The lowest BCUT2D eigenvalue weighted by Gasteiger charge is -2.36. The van der Waals surface area contributed by atoms with Crippen molar-refractivity contribution in [2.75, 3.05) is 37.8 Å². The van der Waals surface area contributed by atoms with Crippen molar-refractivity contribution in [1.82, 2.24) is 15.1 Å². The molecule has 3 aromatic rings. The molecule has 0 bridgehead atoms. The molecule has 3 aliphatic rings. The van der Waals surface area contributed by atoms with E-state index in [2.05, 4.69) is 11.4 Å². The zero-order valence-electron chi connectivity index (χ0n) is 37.4. The highest BCUT2D eigenvalue weighted by Gasteiger charge is 2.55. The molecule has 2 aromatic carbocycles. The van der Waals surface area contributed by atoms with Gasteiger partial charge >= 0.3 is 13.3 Å². The molecule has 3 saturated heterocycles. The largest absolute Gasteiger partial charge is 0.404 e. The first-order valence-electron chi connectivity index (χ1n) is 22.0. The maximum absolute atomic E-state index is 16.5. The van der Waals surface area contributed by atoms with E-state index >= 15 is 8.78 Å². The van der Waals surface area contributed by atoms with Gasteiger partial charge in [-0.3, -0.25) is 28.5 Å². The van der Waals surface area contributed by atoms with Crippen LogP contribution in [0.3, 0.4) is 0 Å². The Morgan fingerprint density at radius 3 is 2.12 bits per heavy atom. The average Bonchev–Trinajstić information content (AvgIpc) is 4.00. The average molecular weight is 991 g/mol. The highest BCUT2D eigenvalue weighted by molar-refractivity contribution is 8.13. The number of carbonyl (C=O) groups excluding carboxylic acids is 5. The molecule has 5 atom stereocenters. The van der Waals surface area contributed by atoms with E-state index in [4.69, 9.17) is 9.05 Å². The summed E-state index contributed by atoms with van der Waals surface area (Å²) in [5, 5.41) is 32.1. The van der Waals surface area contributed by atoms with Crippen molar-refractivity contribution in [3.8, 4) is 6.07 Å². The quantitative estimate of drug-likeness (QED) is 0.0823. The second kappa shape index (κ2) is 21.7. The van der Waals surface area contributed by atoms with Crippen LogP contribution in [-0.2, 0) is 38.5 Å². The first-order chi connectivity index (χ1) is 31.1. The van der Waals surface area contributed by atoms with Gasteiger partial charge < -0.3 is 34.4 Å². The number of likely N-dealkylation sites (tertiary alicyclic amines) is 1. The third-order valence-corrected chi connectivity index (χ3v) is 16.5. The zero-order valence-corrected chi connectivity index (χ0v) is 40.8. The maximum atomic E-state index is 16.5. The minimum absolute atomic E-state index is 0.133. The highest BCUT2D eigenvalue weighted by atomic mass is 32.2. The third kappa shape index (κ3) is 12.9. The second-order valence-electron chi connectivity index (χ2n) is 18.3. The maximum Gasteiger partial charge on any atom is 0.404 e. The number of aliphatic hydroxyl groups is 2. The molecule has 0 aliphatic carbocycles. The summed E-state index contributed by atoms with van der Waals surface area (Å²) in [7, 11) is -5.37. The van der Waals surface area contributed by atoms with E-state index in [1.807, 2.05) is 30.3 Å². The van der Waals surface area contributed by atoms with E-state index in [1.165, 1.54) is 39.8 Å². The van der Waals surface area contributed by atoms with Crippen LogP contribution in [0.15, 0.2) is 54.6 Å². The number of rotatable bonds is 18. The summed E-state index contributed by atoms with van der Waals surface area (Å²) in [6.07, 6.45) is 3.18. The van der Waals surface area contributed by atoms with Crippen molar-refractivity contribution in [3.63, 3.8) is 0 Å². The number of carbonyl (C=O) groups is 5. The van der Waals surface area contributed by atoms with Crippen LogP contribution in [-0.4, -0.2) is 115 Å². The van der Waals surface area contributed by atoms with Gasteiger partial charge in [-0.15, -0.1) is 11.3 Å². The van der Waals surface area contributed by atoms with Gasteiger partial charge in [0.1, 0.15) is 12.1 Å². The molecule has 6 rings (SSSR count). The van der Waals surface area contributed by atoms with Crippen molar-refractivity contribution in [2.24, 2.45) is 5.92 Å². The monoisotopic (exact) mass is 990 g/mol. The van der Waals surface area contributed by atoms with Crippen LogP contribution < -0.4 is 5.32 Å². The molecule has 0 spiro atoms. The molecular weight excluding hydrogens is 934 g/mol. The van der Waals surface area contributed by atoms with Crippen molar-refractivity contribution < 1.29 is 56.6 Å². The van der Waals surface area contributed by atoms with E-state index in [-0.39, 0.29) is 64.9 Å². The molecule has 1 aromatic heterocycles. The molecule has 0 unspecified atom stereocenters. The molecule has 20 heteroatoms. The van der Waals surface area contributed by atoms with Crippen LogP contribution in [0.1, 0.15) is 106 Å². The Labute approximate surface area is 396 Å². The molecule has 0 radical (unpaired) electrons. The van der Waals surface area contributed by atoms with Gasteiger partial charge in [-0.25, -0.2) is 0 Å². The number of nitriles is 1. The van der Waals surface area contributed by atoms with Gasteiger partial charge in [-0.1, -0.05) is 72.8 Å². The molecule has 3 N–H and O–H groups in total. The second-order valence-corrected chi connectivity index (χ2v) is 23.7. The van der Waals surface area contributed by atoms with Crippen molar-refractivity contribution in [3.05, 3.63) is 70.6 Å². The summed E-state index contributed by atoms with van der Waals surface area (Å²) in [5.74, 6) is -2.06. The number of nitrogens with one attached hydrogen (secondary N) is 1. The molecule has 3 fully saturated rings. The Bertz CT molecular complexity index is 2310. The van der Waals surface area contributed by atoms with Crippen molar-refractivity contribution in [1.29, 1.82) is 5.26 Å². The van der Waals surface area contributed by atoms with E-state index in [9.17, 15) is 44.0 Å². The number of halogens is 2. The lowest BCUT2D eigenvalue weighted by molar-refractivity contribution is -0.146. The Morgan fingerprint density at radius 2 is 1.52 bits per heavy atom. The summed E-state index contributed by atoms with van der Waals surface area (Å²) >= 11 is 2.45. The molecule has 4 heterocycles. The fourth-order valence-electron chi connectivity index (χ4n) is 8.64. The van der Waals surface area contributed by atoms with Gasteiger partial charge in [-0.05, 0) is 82.5 Å². The molecule has 14 nitrogen and oxygen atoms in total. The molecule has 0 saturated carbocycles. The summed E-state index contributed by atoms with van der Waals surface area (Å²) < 4.78 is 58.0. The first-order valence-corrected chi connectivity index (χ1v) is 26.4. The van der Waals surface area contributed by atoms with E-state index in [0.29, 0.717) is 60.5 Å². The van der Waals surface area contributed by atoms with E-state index in [0.717, 1.165) is 41.9 Å². The van der Waals surface area contributed by atoms with Gasteiger partial charge in [0.05, 0.1) is 41.3 Å². The van der Waals surface area contributed by atoms with Crippen LogP contribution in [0.4, 0.5) is 8.78 Å². The number of fused-ring (bicyclic) bond motifs is 2. The SMILES string of the molecule is CC(C)(O)CC(=O)SCCOP(=O)(OCCSC(=O)CC(C)(C)O)C(F)(F)c1ccc2sc(C(=O)N[C@H]3CCCC[C@H]4CC[C@@H](C(=O)N5C[C@H](c6ccccc6)[C@@H](C#N)C5)N4C3=O)cc2c1. The summed E-state index contributed by atoms with van der Waals surface area (Å²) in [6, 6.07) is 15.0. The van der Waals surface area contributed by atoms with Gasteiger partial charge in [0.15, 0.2) is 10.2 Å². The Kier molecular flexibility index (Phi) is 17.0. The topological polar surface area (TPSA) is 204 Å².